The molecule has 1 aliphatic heterocycles. The molecule has 0 aliphatic carbocycles. The molecule has 1 aliphatic rings. The van der Waals surface area contributed by atoms with Crippen molar-refractivity contribution in [3.63, 3.8) is 0 Å². The lowest BCUT2D eigenvalue weighted by atomic mass is 10.2. The van der Waals surface area contributed by atoms with Crippen LogP contribution < -0.4 is 10.6 Å². The van der Waals surface area contributed by atoms with Crippen molar-refractivity contribution in [1.82, 2.24) is 9.55 Å². The number of rotatable bonds is 3. The molecule has 1 aromatic heterocycles. The summed E-state index contributed by atoms with van der Waals surface area (Å²) in [5.74, 6) is -0.196. The second-order valence-electron chi connectivity index (χ2n) is 4.77. The number of hydrogen-bond donors (Lipinski definition) is 1. The minimum Gasteiger partial charge on any atom is -0.364 e. The zero-order valence-electron chi connectivity index (χ0n) is 10.7. The predicted molar refractivity (Wildman–Crippen MR) is 72.4 cm³/mol. The van der Waals surface area contributed by atoms with Gasteiger partial charge in [-0.1, -0.05) is 6.07 Å². The van der Waals surface area contributed by atoms with Crippen LogP contribution in [0.2, 0.25) is 0 Å². The maximum Gasteiger partial charge on any atom is 0.125 e. The van der Waals surface area contributed by atoms with Crippen LogP contribution in [0.4, 0.5) is 10.1 Å². The molecule has 0 radical (unpaired) electrons. The number of benzene rings is 1. The zero-order valence-corrected chi connectivity index (χ0v) is 10.7. The largest absolute Gasteiger partial charge is 0.364 e. The minimum absolute atomic E-state index is 0.196. The van der Waals surface area contributed by atoms with Crippen LogP contribution in [0.5, 0.6) is 0 Å². The molecule has 0 saturated heterocycles. The first kappa shape index (κ1) is 12.2. The Bertz CT molecular complexity index is 579. The Balaban J connectivity index is 1.86. The Morgan fingerprint density at radius 2 is 2.21 bits per heavy atom. The number of nitrogens with zero attached hydrogens (tertiary/aromatic N) is 3. The number of anilines is 1. The van der Waals surface area contributed by atoms with E-state index in [0.717, 1.165) is 37.4 Å². The second-order valence-corrected chi connectivity index (χ2v) is 4.77. The first-order valence-corrected chi connectivity index (χ1v) is 6.51. The minimum atomic E-state index is -0.196. The van der Waals surface area contributed by atoms with Crippen molar-refractivity contribution in [2.45, 2.75) is 19.5 Å². The fourth-order valence-electron chi connectivity index (χ4n) is 2.55. The molecule has 2 N–H and O–H groups in total. The summed E-state index contributed by atoms with van der Waals surface area (Å²) in [4.78, 5) is 6.60. The predicted octanol–water partition coefficient (Wildman–Crippen LogP) is 1.54. The molecule has 4 nitrogen and oxygen atoms in total. The van der Waals surface area contributed by atoms with E-state index in [-0.39, 0.29) is 5.82 Å². The van der Waals surface area contributed by atoms with Gasteiger partial charge in [-0.25, -0.2) is 9.37 Å². The van der Waals surface area contributed by atoms with Crippen LogP contribution in [0, 0.1) is 5.82 Å². The molecule has 5 heteroatoms. The zero-order chi connectivity index (χ0) is 13.2. The Morgan fingerprint density at radius 1 is 1.32 bits per heavy atom. The van der Waals surface area contributed by atoms with E-state index in [2.05, 4.69) is 14.5 Å². The van der Waals surface area contributed by atoms with Crippen molar-refractivity contribution in [3.8, 4) is 0 Å². The van der Waals surface area contributed by atoms with Gasteiger partial charge in [-0.05, 0) is 24.7 Å². The first-order chi connectivity index (χ1) is 9.28. The summed E-state index contributed by atoms with van der Waals surface area (Å²) >= 11 is 0. The number of imidazole rings is 1. The number of aromatic nitrogens is 2. The topological polar surface area (TPSA) is 47.1 Å². The Morgan fingerprint density at radius 3 is 3.00 bits per heavy atom. The van der Waals surface area contributed by atoms with E-state index in [1.54, 1.807) is 12.1 Å². The molecule has 0 atom stereocenters. The molecule has 1 aromatic carbocycles. The third-order valence-corrected chi connectivity index (χ3v) is 3.54. The summed E-state index contributed by atoms with van der Waals surface area (Å²) < 4.78 is 15.5. The van der Waals surface area contributed by atoms with Crippen LogP contribution in [-0.4, -0.2) is 22.6 Å². The number of nitrogens with two attached hydrogens (primary N) is 1. The lowest BCUT2D eigenvalue weighted by Gasteiger charge is -2.30. The van der Waals surface area contributed by atoms with Crippen LogP contribution in [0.1, 0.15) is 11.4 Å². The molecule has 3 rings (SSSR count). The smallest absolute Gasteiger partial charge is 0.125 e. The van der Waals surface area contributed by atoms with Gasteiger partial charge in [0, 0.05) is 25.2 Å². The van der Waals surface area contributed by atoms with Gasteiger partial charge in [0.15, 0.2) is 0 Å². The molecule has 0 bridgehead atoms. The molecule has 0 spiro atoms. The van der Waals surface area contributed by atoms with Gasteiger partial charge in [-0.3, -0.25) is 0 Å². The van der Waals surface area contributed by atoms with Gasteiger partial charge >= 0.3 is 0 Å². The maximum atomic E-state index is 13.3. The quantitative estimate of drug-likeness (QED) is 0.910. The Kier molecular flexibility index (Phi) is 3.21. The van der Waals surface area contributed by atoms with E-state index < -0.39 is 0 Å². The molecule has 2 aromatic rings. The molecule has 19 heavy (non-hydrogen) atoms. The average molecular weight is 260 g/mol. The number of hydrogen-bond acceptors (Lipinski definition) is 3. The molecule has 0 fully saturated rings. The summed E-state index contributed by atoms with van der Waals surface area (Å²) in [6, 6.07) is 6.74. The third kappa shape index (κ3) is 2.33. The van der Waals surface area contributed by atoms with Gasteiger partial charge < -0.3 is 15.2 Å². The van der Waals surface area contributed by atoms with Crippen LogP contribution in [-0.2, 0) is 19.5 Å². The van der Waals surface area contributed by atoms with Crippen molar-refractivity contribution < 1.29 is 4.39 Å². The van der Waals surface area contributed by atoms with Gasteiger partial charge in [0.25, 0.3) is 0 Å². The molecule has 0 unspecified atom stereocenters. The highest BCUT2D eigenvalue weighted by molar-refractivity contribution is 5.47. The van der Waals surface area contributed by atoms with Crippen LogP contribution in [0.15, 0.2) is 30.6 Å². The second kappa shape index (κ2) is 5.01. The molecule has 0 saturated carbocycles. The first-order valence-electron chi connectivity index (χ1n) is 6.51. The highest BCUT2D eigenvalue weighted by atomic mass is 19.1. The van der Waals surface area contributed by atoms with E-state index in [4.69, 9.17) is 5.73 Å². The van der Waals surface area contributed by atoms with Gasteiger partial charge in [0.2, 0.25) is 0 Å². The van der Waals surface area contributed by atoms with Crippen LogP contribution in [0.25, 0.3) is 0 Å². The van der Waals surface area contributed by atoms with E-state index in [9.17, 15) is 4.39 Å². The number of fused-ring (bicyclic) bond motifs is 1. The maximum absolute atomic E-state index is 13.3. The number of halogens is 1. The van der Waals surface area contributed by atoms with Crippen molar-refractivity contribution in [3.05, 3.63) is 47.8 Å². The normalized spacial score (nSPS) is 14.5. The van der Waals surface area contributed by atoms with Crippen molar-refractivity contribution in [2.24, 2.45) is 5.73 Å². The van der Waals surface area contributed by atoms with E-state index in [1.807, 2.05) is 12.4 Å². The Labute approximate surface area is 111 Å². The summed E-state index contributed by atoms with van der Waals surface area (Å²) in [5.41, 5.74) is 8.78. The van der Waals surface area contributed by atoms with Crippen LogP contribution >= 0.6 is 0 Å². The lowest BCUT2D eigenvalue weighted by molar-refractivity contribution is 0.564. The van der Waals surface area contributed by atoms with Gasteiger partial charge in [0.1, 0.15) is 5.82 Å². The summed E-state index contributed by atoms with van der Waals surface area (Å²) in [6.45, 7) is 3.11. The molecule has 0 amide bonds. The van der Waals surface area contributed by atoms with Gasteiger partial charge in [0.05, 0.1) is 24.3 Å². The summed E-state index contributed by atoms with van der Waals surface area (Å²) in [7, 11) is 0. The standard InChI is InChI=1S/C14H17FN4/c15-11-2-1-3-12(8-11)18-6-7-19-10-17-13(4-5-16)14(19)9-18/h1-3,8,10H,4-7,9,16H2. The third-order valence-electron chi connectivity index (χ3n) is 3.54. The van der Waals surface area contributed by atoms with Gasteiger partial charge in [-0.15, -0.1) is 0 Å². The van der Waals surface area contributed by atoms with E-state index in [1.165, 1.54) is 11.8 Å². The average Bonchev–Trinajstić information content (AvgIpc) is 2.82. The van der Waals surface area contributed by atoms with Gasteiger partial charge in [-0.2, -0.15) is 0 Å². The van der Waals surface area contributed by atoms with E-state index >= 15 is 0 Å². The fourth-order valence-corrected chi connectivity index (χ4v) is 2.55. The van der Waals surface area contributed by atoms with E-state index in [0.29, 0.717) is 6.54 Å². The SMILES string of the molecule is NCCc1ncn2c1CN(c1cccc(F)c1)CC2. The Hall–Kier alpha value is -1.88. The fraction of sp³-hybridized carbons (Fsp3) is 0.357. The van der Waals surface area contributed by atoms with Crippen molar-refractivity contribution in [1.29, 1.82) is 0 Å². The molecule has 2 heterocycles. The van der Waals surface area contributed by atoms with Crippen molar-refractivity contribution in [2.75, 3.05) is 18.0 Å². The summed E-state index contributed by atoms with van der Waals surface area (Å²) in [6.07, 6.45) is 2.67. The summed E-state index contributed by atoms with van der Waals surface area (Å²) in [5, 5.41) is 0. The molecule has 100 valence electrons. The monoisotopic (exact) mass is 260 g/mol. The molecular formula is C14H17FN4. The van der Waals surface area contributed by atoms with Crippen LogP contribution in [0.3, 0.4) is 0 Å². The highest BCUT2D eigenvalue weighted by Crippen LogP contribution is 2.23. The highest BCUT2D eigenvalue weighted by Gasteiger charge is 2.20. The lowest BCUT2D eigenvalue weighted by Crippen LogP contribution is -2.33. The van der Waals surface area contributed by atoms with Crippen molar-refractivity contribution >= 4 is 5.69 Å². The molecular weight excluding hydrogens is 243 g/mol.